The fourth-order valence-corrected chi connectivity index (χ4v) is 5.07. The standard InChI is InChI=1S/C19H17F4NO4S/c1-18(2,3)28-17(25)19(10-8-6-5-7-9-10)11-12(20)13(21)14(22)15(23)16(11)29(26,27)24(19)4/h5-9H,1-4H3/t19-/m0/s1. The van der Waals surface area contributed by atoms with Crippen molar-refractivity contribution in [1.82, 2.24) is 4.31 Å². The summed E-state index contributed by atoms with van der Waals surface area (Å²) in [7, 11) is -4.03. The summed E-state index contributed by atoms with van der Waals surface area (Å²) in [5.41, 5.74) is -5.03. The first-order chi connectivity index (χ1) is 13.3. The maximum atomic E-state index is 15.0. The van der Waals surface area contributed by atoms with E-state index >= 15 is 0 Å². The molecule has 0 fully saturated rings. The van der Waals surface area contributed by atoms with Crippen LogP contribution in [0.5, 0.6) is 0 Å². The monoisotopic (exact) mass is 431 g/mol. The topological polar surface area (TPSA) is 63.7 Å². The van der Waals surface area contributed by atoms with Crippen LogP contribution in [0.25, 0.3) is 0 Å². The minimum atomic E-state index is -4.92. The Balaban J connectivity index is 2.55. The predicted octanol–water partition coefficient (Wildman–Crippen LogP) is 3.46. The molecule has 0 unspecified atom stereocenters. The largest absolute Gasteiger partial charge is 0.458 e. The molecule has 0 amide bonds. The van der Waals surface area contributed by atoms with Crippen molar-refractivity contribution in [2.45, 2.75) is 36.8 Å². The average Bonchev–Trinajstić information content (AvgIpc) is 2.82. The van der Waals surface area contributed by atoms with Crippen LogP contribution in [0.2, 0.25) is 0 Å². The van der Waals surface area contributed by atoms with Gasteiger partial charge in [-0.05, 0) is 26.3 Å². The van der Waals surface area contributed by atoms with Gasteiger partial charge in [0.1, 0.15) is 10.5 Å². The highest BCUT2D eigenvalue weighted by molar-refractivity contribution is 7.89. The van der Waals surface area contributed by atoms with Crippen molar-refractivity contribution in [3.8, 4) is 0 Å². The number of ether oxygens (including phenoxy) is 1. The number of hydrogen-bond donors (Lipinski definition) is 0. The van der Waals surface area contributed by atoms with Crippen LogP contribution in [0, 0.1) is 23.3 Å². The van der Waals surface area contributed by atoms with E-state index in [-0.39, 0.29) is 5.56 Å². The van der Waals surface area contributed by atoms with Gasteiger partial charge in [0.2, 0.25) is 10.0 Å². The molecule has 29 heavy (non-hydrogen) atoms. The zero-order chi connectivity index (χ0) is 21.9. The maximum Gasteiger partial charge on any atom is 0.337 e. The van der Waals surface area contributed by atoms with Crippen LogP contribution in [0.4, 0.5) is 17.6 Å². The third-order valence-corrected chi connectivity index (χ3v) is 6.46. The molecule has 1 atom stereocenters. The Labute approximate surface area is 164 Å². The summed E-state index contributed by atoms with van der Waals surface area (Å²) < 4.78 is 89.0. The quantitative estimate of drug-likeness (QED) is 0.316. The molecule has 0 bridgehead atoms. The van der Waals surface area contributed by atoms with Crippen LogP contribution in [0.15, 0.2) is 35.2 Å². The second-order valence-corrected chi connectivity index (χ2v) is 9.42. The Bertz CT molecular complexity index is 1110. The zero-order valence-electron chi connectivity index (χ0n) is 15.9. The fourth-order valence-electron chi connectivity index (χ4n) is 3.36. The van der Waals surface area contributed by atoms with E-state index in [0.29, 0.717) is 4.31 Å². The third kappa shape index (κ3) is 2.84. The van der Waals surface area contributed by atoms with Crippen molar-refractivity contribution < 1.29 is 35.5 Å². The van der Waals surface area contributed by atoms with Crippen molar-refractivity contribution >= 4 is 16.0 Å². The number of fused-ring (bicyclic) bond motifs is 1. The van der Waals surface area contributed by atoms with E-state index in [1.807, 2.05) is 0 Å². The van der Waals surface area contributed by atoms with Gasteiger partial charge in [-0.3, -0.25) is 0 Å². The molecule has 2 aromatic rings. The molecule has 0 saturated carbocycles. The molecule has 0 spiro atoms. The van der Waals surface area contributed by atoms with Crippen molar-refractivity contribution in [2.24, 2.45) is 0 Å². The number of halogens is 4. The molecule has 0 saturated heterocycles. The van der Waals surface area contributed by atoms with Crippen LogP contribution >= 0.6 is 0 Å². The van der Waals surface area contributed by atoms with Gasteiger partial charge in [0.15, 0.2) is 28.8 Å². The normalized spacial score (nSPS) is 21.1. The lowest BCUT2D eigenvalue weighted by atomic mass is 9.82. The van der Waals surface area contributed by atoms with E-state index in [2.05, 4.69) is 0 Å². The molecule has 1 aliphatic rings. The van der Waals surface area contributed by atoms with Crippen LogP contribution in [-0.4, -0.2) is 31.3 Å². The number of benzene rings is 2. The summed E-state index contributed by atoms with van der Waals surface area (Å²) in [6, 6.07) is 6.95. The molecule has 0 N–H and O–H groups in total. The lowest BCUT2D eigenvalue weighted by Gasteiger charge is -2.36. The Kier molecular flexibility index (Phi) is 4.78. The highest BCUT2D eigenvalue weighted by Crippen LogP contribution is 2.51. The average molecular weight is 431 g/mol. The molecule has 0 aliphatic carbocycles. The molecule has 0 aromatic heterocycles. The number of hydrogen-bond acceptors (Lipinski definition) is 4. The summed E-state index contributed by atoms with van der Waals surface area (Å²) in [4.78, 5) is 11.8. The van der Waals surface area contributed by atoms with E-state index in [9.17, 15) is 30.8 Å². The molecule has 3 rings (SSSR count). The Morgan fingerprint density at radius 2 is 1.48 bits per heavy atom. The molecule has 10 heteroatoms. The van der Waals surface area contributed by atoms with Gasteiger partial charge in [-0.2, -0.15) is 4.31 Å². The van der Waals surface area contributed by atoms with Crippen LogP contribution < -0.4 is 0 Å². The fraction of sp³-hybridized carbons (Fsp3) is 0.316. The summed E-state index contributed by atoms with van der Waals surface area (Å²) in [6.45, 7) is 4.45. The molecular weight excluding hydrogens is 414 g/mol. The second kappa shape index (κ2) is 6.53. The van der Waals surface area contributed by atoms with Gasteiger partial charge in [-0.25, -0.2) is 30.8 Å². The van der Waals surface area contributed by atoms with Gasteiger partial charge in [-0.1, -0.05) is 30.3 Å². The molecule has 1 aliphatic heterocycles. The number of rotatable bonds is 2. The van der Waals surface area contributed by atoms with Crippen LogP contribution in [0.3, 0.4) is 0 Å². The number of sulfonamides is 1. The molecule has 2 aromatic carbocycles. The number of esters is 1. The van der Waals surface area contributed by atoms with Gasteiger partial charge in [-0.15, -0.1) is 0 Å². The second-order valence-electron chi connectivity index (χ2n) is 7.51. The van der Waals surface area contributed by atoms with Crippen LogP contribution in [-0.2, 0) is 25.1 Å². The lowest BCUT2D eigenvalue weighted by molar-refractivity contribution is -0.164. The summed E-state index contributed by atoms with van der Waals surface area (Å²) in [5.74, 6) is -9.89. The van der Waals surface area contributed by atoms with E-state index in [0.717, 1.165) is 7.05 Å². The molecule has 5 nitrogen and oxygen atoms in total. The maximum absolute atomic E-state index is 15.0. The van der Waals surface area contributed by atoms with Crippen molar-refractivity contribution in [3.05, 3.63) is 64.7 Å². The first-order valence-electron chi connectivity index (χ1n) is 8.42. The van der Waals surface area contributed by atoms with E-state index < -0.39 is 60.9 Å². The van der Waals surface area contributed by atoms with Crippen molar-refractivity contribution in [1.29, 1.82) is 0 Å². The number of carbonyl (C=O) groups is 1. The SMILES string of the molecule is CN1[C@@](C(=O)OC(C)(C)C)(c2ccccc2)c2c(F)c(F)c(F)c(F)c2S1(=O)=O. The first kappa shape index (κ1) is 21.3. The lowest BCUT2D eigenvalue weighted by Crippen LogP contribution is -2.51. The Morgan fingerprint density at radius 3 is 2.00 bits per heavy atom. The van der Waals surface area contributed by atoms with Crippen molar-refractivity contribution in [2.75, 3.05) is 7.05 Å². The van der Waals surface area contributed by atoms with Gasteiger partial charge in [0, 0.05) is 7.05 Å². The highest BCUT2D eigenvalue weighted by atomic mass is 32.2. The molecule has 1 heterocycles. The van der Waals surface area contributed by atoms with Gasteiger partial charge < -0.3 is 4.74 Å². The summed E-state index contributed by atoms with van der Waals surface area (Å²) >= 11 is 0. The summed E-state index contributed by atoms with van der Waals surface area (Å²) in [5, 5.41) is 0. The van der Waals surface area contributed by atoms with E-state index in [1.165, 1.54) is 45.0 Å². The predicted molar refractivity (Wildman–Crippen MR) is 94.3 cm³/mol. The smallest absolute Gasteiger partial charge is 0.337 e. The molecule has 156 valence electrons. The summed E-state index contributed by atoms with van der Waals surface area (Å²) in [6.07, 6.45) is 0. The minimum Gasteiger partial charge on any atom is -0.458 e. The van der Waals surface area contributed by atoms with E-state index in [1.54, 1.807) is 6.07 Å². The Hall–Kier alpha value is -2.46. The first-order valence-corrected chi connectivity index (χ1v) is 9.86. The van der Waals surface area contributed by atoms with E-state index in [4.69, 9.17) is 4.74 Å². The minimum absolute atomic E-state index is 0.122. The van der Waals surface area contributed by atoms with Gasteiger partial charge >= 0.3 is 5.97 Å². The molecule has 0 radical (unpaired) electrons. The number of nitrogens with zero attached hydrogens (tertiary/aromatic N) is 1. The Morgan fingerprint density at radius 1 is 0.966 bits per heavy atom. The van der Waals surface area contributed by atoms with Crippen LogP contribution in [0.1, 0.15) is 31.9 Å². The van der Waals surface area contributed by atoms with Gasteiger partial charge in [0.05, 0.1) is 5.56 Å². The number of likely N-dealkylation sites (N-methyl/N-ethyl adjacent to an activating group) is 1. The zero-order valence-corrected chi connectivity index (χ0v) is 16.7. The highest BCUT2D eigenvalue weighted by Gasteiger charge is 2.63. The van der Waals surface area contributed by atoms with Gasteiger partial charge in [0.25, 0.3) is 0 Å². The number of carbonyl (C=O) groups excluding carboxylic acids is 1. The van der Waals surface area contributed by atoms with Crippen molar-refractivity contribution in [3.63, 3.8) is 0 Å². The molecular formula is C19H17F4NO4S. The third-order valence-electron chi connectivity index (χ3n) is 4.56.